The van der Waals surface area contributed by atoms with Crippen molar-refractivity contribution in [2.75, 3.05) is 45.3 Å². The van der Waals surface area contributed by atoms with Crippen molar-refractivity contribution in [1.82, 2.24) is 0 Å². The van der Waals surface area contributed by atoms with E-state index in [1.807, 2.05) is 25.1 Å². The van der Waals surface area contributed by atoms with Gasteiger partial charge in [0.15, 0.2) is 6.10 Å². The molecule has 3 rings (SSSR count). The van der Waals surface area contributed by atoms with Gasteiger partial charge in [0, 0.05) is 11.3 Å². The van der Waals surface area contributed by atoms with Crippen molar-refractivity contribution in [2.24, 2.45) is 5.10 Å². The number of methoxy groups -OCH3 is 1. The van der Waals surface area contributed by atoms with Crippen molar-refractivity contribution in [3.05, 3.63) is 60.2 Å². The Balaban J connectivity index is 1.76. The Morgan fingerprint density at radius 2 is 1.84 bits per heavy atom. The number of hydrogen-bond donors (Lipinski definition) is 1. The van der Waals surface area contributed by atoms with E-state index in [2.05, 4.69) is 10.4 Å². The molecule has 1 aliphatic rings. The quantitative estimate of drug-likeness (QED) is 0.397. The van der Waals surface area contributed by atoms with Gasteiger partial charge in [0.25, 0.3) is 0 Å². The first-order chi connectivity index (χ1) is 15.0. The number of hydrogen-bond acceptors (Lipinski definition) is 6. The molecule has 1 N–H and O–H groups in total. The molecule has 1 amide bonds. The average Bonchev–Trinajstić information content (AvgIpc) is 2.79. The molecule has 166 valence electrons. The van der Waals surface area contributed by atoms with Crippen molar-refractivity contribution in [2.45, 2.75) is 19.4 Å². The van der Waals surface area contributed by atoms with E-state index in [4.69, 9.17) is 14.2 Å². The summed E-state index contributed by atoms with van der Waals surface area (Å²) in [6.45, 7) is 4.36. The van der Waals surface area contributed by atoms with Gasteiger partial charge in [-0.1, -0.05) is 48.4 Å². The summed E-state index contributed by atoms with van der Waals surface area (Å²) in [6, 6.07) is 16.1. The van der Waals surface area contributed by atoms with E-state index in [0.717, 1.165) is 0 Å². The van der Waals surface area contributed by atoms with Gasteiger partial charge in [-0.15, -0.1) is 0 Å². The molecule has 31 heavy (non-hydrogen) atoms. The maximum Gasteiger partial charge on any atom is 0.412 e. The third-order valence-electron chi connectivity index (χ3n) is 5.24. The molecule has 1 aliphatic heterocycles. The Bertz CT molecular complexity index is 882. The zero-order valence-corrected chi connectivity index (χ0v) is 18.0. The SMILES string of the molecule is CCC(C[N+]1(/N=C(\[O-])c2ccccc2OC)CCOCC1)OC(=O)Nc1ccccc1. The molecule has 1 unspecified atom stereocenters. The fraction of sp³-hybridized carbons (Fsp3) is 0.391. The second-order valence-corrected chi connectivity index (χ2v) is 7.37. The van der Waals surface area contributed by atoms with E-state index in [9.17, 15) is 9.90 Å². The molecule has 8 heteroatoms. The number of rotatable bonds is 8. The normalized spacial score (nSPS) is 16.9. The largest absolute Gasteiger partial charge is 0.854 e. The van der Waals surface area contributed by atoms with E-state index < -0.39 is 12.2 Å². The first kappa shape index (κ1) is 22.6. The average molecular weight is 428 g/mol. The molecule has 1 heterocycles. The summed E-state index contributed by atoms with van der Waals surface area (Å²) >= 11 is 0. The molecule has 2 aromatic rings. The first-order valence-electron chi connectivity index (χ1n) is 10.4. The van der Waals surface area contributed by atoms with Gasteiger partial charge < -0.3 is 19.3 Å². The van der Waals surface area contributed by atoms with Crippen LogP contribution in [0.2, 0.25) is 0 Å². The minimum absolute atomic E-state index is 0.147. The third kappa shape index (κ3) is 6.19. The molecular weight excluding hydrogens is 398 g/mol. The second kappa shape index (κ2) is 10.8. The van der Waals surface area contributed by atoms with Gasteiger partial charge in [0.2, 0.25) is 0 Å². The fourth-order valence-electron chi connectivity index (χ4n) is 3.52. The van der Waals surface area contributed by atoms with Crippen LogP contribution in [0.3, 0.4) is 0 Å². The number of quaternary nitrogens is 1. The van der Waals surface area contributed by atoms with E-state index >= 15 is 0 Å². The lowest BCUT2D eigenvalue weighted by Crippen LogP contribution is -2.56. The maximum atomic E-state index is 13.0. The molecule has 0 radical (unpaired) electrons. The predicted octanol–water partition coefficient (Wildman–Crippen LogP) is 2.59. The highest BCUT2D eigenvalue weighted by Crippen LogP contribution is 2.21. The van der Waals surface area contributed by atoms with Crippen molar-refractivity contribution < 1.29 is 28.7 Å². The van der Waals surface area contributed by atoms with Gasteiger partial charge in [-0.2, -0.15) is 4.59 Å². The Labute approximate surface area is 182 Å². The lowest BCUT2D eigenvalue weighted by molar-refractivity contribution is -0.945. The molecule has 0 saturated carbocycles. The number of anilines is 1. The van der Waals surface area contributed by atoms with Crippen LogP contribution in [0.5, 0.6) is 5.75 Å². The lowest BCUT2D eigenvalue weighted by atomic mass is 10.2. The molecule has 8 nitrogen and oxygen atoms in total. The summed E-state index contributed by atoms with van der Waals surface area (Å²) in [5.74, 6) is 0.121. The maximum absolute atomic E-state index is 13.0. The summed E-state index contributed by atoms with van der Waals surface area (Å²) in [5.41, 5.74) is 1.07. The Hall–Kier alpha value is -3.10. The van der Waals surface area contributed by atoms with Gasteiger partial charge in [-0.05, 0) is 24.6 Å². The van der Waals surface area contributed by atoms with Crippen LogP contribution in [0.25, 0.3) is 0 Å². The van der Waals surface area contributed by atoms with Crippen molar-refractivity contribution >= 4 is 17.7 Å². The monoisotopic (exact) mass is 427 g/mol. The summed E-state index contributed by atoms with van der Waals surface area (Å²) in [6.07, 6.45) is -0.335. The minimum Gasteiger partial charge on any atom is -0.854 e. The van der Waals surface area contributed by atoms with E-state index in [0.29, 0.717) is 56.3 Å². The van der Waals surface area contributed by atoms with Gasteiger partial charge in [0.1, 0.15) is 25.4 Å². The molecule has 1 atom stereocenters. The molecule has 0 aromatic heterocycles. The zero-order valence-electron chi connectivity index (χ0n) is 18.0. The minimum atomic E-state index is -0.527. The number of amides is 1. The van der Waals surface area contributed by atoms with Crippen LogP contribution in [0, 0.1) is 0 Å². The van der Waals surface area contributed by atoms with Gasteiger partial charge in [-0.3, -0.25) is 5.32 Å². The highest BCUT2D eigenvalue weighted by molar-refractivity contribution is 5.93. The van der Waals surface area contributed by atoms with Crippen LogP contribution in [0.1, 0.15) is 18.9 Å². The Morgan fingerprint density at radius 3 is 2.52 bits per heavy atom. The number of nitrogens with zero attached hydrogens (tertiary/aromatic N) is 2. The van der Waals surface area contributed by atoms with Gasteiger partial charge >= 0.3 is 6.09 Å². The molecule has 0 spiro atoms. The number of benzene rings is 2. The van der Waals surface area contributed by atoms with E-state index in [1.54, 1.807) is 36.4 Å². The van der Waals surface area contributed by atoms with Crippen molar-refractivity contribution in [1.29, 1.82) is 0 Å². The topological polar surface area (TPSA) is 92.2 Å². The standard InChI is InChI=1S/C23H29N3O5/c1-3-19(31-23(28)24-18-9-5-4-6-10-18)17-26(13-15-30-16-14-26)25-22(27)20-11-7-8-12-21(20)29-2/h4-12,19H,3,13-17H2,1-2H3,(H-,24,25,27,28). The number of carbonyl (C=O) groups is 1. The number of para-hydroxylation sites is 2. The molecule has 0 bridgehead atoms. The summed E-state index contributed by atoms with van der Waals surface area (Å²) < 4.78 is 16.6. The smallest absolute Gasteiger partial charge is 0.412 e. The molecule has 2 aromatic carbocycles. The van der Waals surface area contributed by atoms with Crippen LogP contribution >= 0.6 is 0 Å². The fourth-order valence-corrected chi connectivity index (χ4v) is 3.52. The molecular formula is C23H29N3O5. The predicted molar refractivity (Wildman–Crippen MR) is 116 cm³/mol. The van der Waals surface area contributed by atoms with Crippen LogP contribution in [-0.2, 0) is 9.47 Å². The molecule has 0 aliphatic carbocycles. The van der Waals surface area contributed by atoms with Crippen LogP contribution in [0.15, 0.2) is 59.7 Å². The summed E-state index contributed by atoms with van der Waals surface area (Å²) in [7, 11) is 1.53. The Kier molecular flexibility index (Phi) is 7.86. The van der Waals surface area contributed by atoms with Gasteiger partial charge in [0.05, 0.1) is 26.2 Å². The highest BCUT2D eigenvalue weighted by Gasteiger charge is 2.35. The second-order valence-electron chi connectivity index (χ2n) is 7.37. The van der Waals surface area contributed by atoms with Crippen LogP contribution in [-0.4, -0.2) is 62.6 Å². The van der Waals surface area contributed by atoms with Crippen LogP contribution < -0.4 is 15.2 Å². The summed E-state index contributed by atoms with van der Waals surface area (Å²) in [5, 5.41) is 20.3. The lowest BCUT2D eigenvalue weighted by Gasteiger charge is -2.38. The van der Waals surface area contributed by atoms with E-state index in [-0.39, 0.29) is 10.5 Å². The zero-order chi connectivity index (χ0) is 22.1. The highest BCUT2D eigenvalue weighted by atomic mass is 16.6. The summed E-state index contributed by atoms with van der Waals surface area (Å²) in [4.78, 5) is 12.4. The molecule has 1 fully saturated rings. The third-order valence-corrected chi connectivity index (χ3v) is 5.24. The molecule has 1 saturated heterocycles. The van der Waals surface area contributed by atoms with E-state index in [1.165, 1.54) is 7.11 Å². The number of carbonyl (C=O) groups excluding carboxylic acids is 1. The van der Waals surface area contributed by atoms with Crippen molar-refractivity contribution in [3.63, 3.8) is 0 Å². The van der Waals surface area contributed by atoms with Gasteiger partial charge in [-0.25, -0.2) is 4.79 Å². The van der Waals surface area contributed by atoms with Crippen LogP contribution in [0.4, 0.5) is 10.5 Å². The number of morpholine rings is 1. The Morgan fingerprint density at radius 1 is 1.16 bits per heavy atom. The number of ether oxygens (including phenoxy) is 3. The van der Waals surface area contributed by atoms with Crippen molar-refractivity contribution in [3.8, 4) is 5.75 Å². The first-order valence-corrected chi connectivity index (χ1v) is 10.4. The number of nitrogens with one attached hydrogen (secondary N) is 1.